The van der Waals surface area contributed by atoms with Gasteiger partial charge in [0.1, 0.15) is 0 Å². The highest BCUT2D eigenvalue weighted by Gasteiger charge is 2.25. The minimum atomic E-state index is -3.53. The molecule has 3 N–H and O–H groups in total. The van der Waals surface area contributed by atoms with E-state index in [9.17, 15) is 4.57 Å². The van der Waals surface area contributed by atoms with Crippen LogP contribution >= 0.6 is 7.75 Å². The van der Waals surface area contributed by atoms with Crippen LogP contribution in [0.25, 0.3) is 0 Å². The molecule has 0 aliphatic rings. The number of hydrogen-bond acceptors (Lipinski definition) is 4. The Bertz CT molecular complexity index is 636. The zero-order valence-electron chi connectivity index (χ0n) is 29.6. The van der Waals surface area contributed by atoms with E-state index in [4.69, 9.17) is 14.8 Å². The molecule has 0 aromatic rings. The Balaban J connectivity index is 4.26. The highest BCUT2D eigenvalue weighted by atomic mass is 31.2. The molecule has 0 rings (SSSR count). The molecule has 0 aliphatic carbocycles. The second-order valence-corrected chi connectivity index (χ2v) is 15.4. The smallest absolute Gasteiger partial charge is 0.370 e. The van der Waals surface area contributed by atoms with Gasteiger partial charge in [-0.25, -0.2) is 4.57 Å². The Kier molecular flexibility index (Phi) is 29.6. The Labute approximate surface area is 269 Å². The van der Waals surface area contributed by atoms with Gasteiger partial charge < -0.3 is 10.2 Å². The van der Waals surface area contributed by atoms with E-state index in [0.29, 0.717) is 19.8 Å². The average molecular weight is 632 g/mol. The molecule has 0 aliphatic heterocycles. The number of quaternary nitrogens is 1. The summed E-state index contributed by atoms with van der Waals surface area (Å²) < 4.78 is 26.0. The highest BCUT2D eigenvalue weighted by molar-refractivity contribution is 7.52. The monoisotopic (exact) mass is 632 g/mol. The number of nitrogens with one attached hydrogen (secondary N) is 1. The normalized spacial score (nSPS) is 12.7. The first-order valence-corrected chi connectivity index (χ1v) is 20.0. The van der Waals surface area contributed by atoms with Crippen molar-refractivity contribution in [1.29, 1.82) is 0 Å². The second kappa shape index (κ2) is 30.1. The van der Waals surface area contributed by atoms with Crippen molar-refractivity contribution in [2.24, 2.45) is 10.7 Å². The molecule has 8 heteroatoms. The average Bonchev–Trinajstić information content (AvgIpc) is 2.95. The fourth-order valence-corrected chi connectivity index (χ4v) is 6.57. The van der Waals surface area contributed by atoms with E-state index in [2.05, 4.69) is 45.1 Å². The maximum absolute atomic E-state index is 13.5. The van der Waals surface area contributed by atoms with Crippen LogP contribution in [0.3, 0.4) is 0 Å². The van der Waals surface area contributed by atoms with Crippen molar-refractivity contribution in [3.63, 3.8) is 0 Å². The first kappa shape index (κ1) is 42.4. The first-order valence-electron chi connectivity index (χ1n) is 18.5. The van der Waals surface area contributed by atoms with Gasteiger partial charge in [0.25, 0.3) is 0 Å². The molecule has 0 saturated carbocycles. The van der Waals surface area contributed by atoms with Gasteiger partial charge in [0.05, 0.1) is 40.9 Å². The number of rotatable bonds is 33. The fraction of sp³-hybridized carbons (Fsp3) is 0.971. The molecule has 0 fully saturated rings. The lowest BCUT2D eigenvalue weighted by molar-refractivity contribution is -0.870. The van der Waals surface area contributed by atoms with Gasteiger partial charge in [0, 0.05) is 13.0 Å². The van der Waals surface area contributed by atoms with Crippen LogP contribution in [0, 0.1) is 0 Å². The van der Waals surface area contributed by atoms with Gasteiger partial charge in [0.15, 0.2) is 5.96 Å². The van der Waals surface area contributed by atoms with Crippen LogP contribution in [0.2, 0.25) is 0 Å². The minimum Gasteiger partial charge on any atom is -0.370 e. The van der Waals surface area contributed by atoms with Gasteiger partial charge >= 0.3 is 7.75 Å². The molecule has 0 aromatic heterocycles. The summed E-state index contributed by atoms with van der Waals surface area (Å²) in [5.74, 6) is 0.147. The molecule has 43 heavy (non-hydrogen) atoms. The van der Waals surface area contributed by atoms with Crippen LogP contribution in [0.5, 0.6) is 0 Å². The lowest BCUT2D eigenvalue weighted by Gasteiger charge is -2.23. The molecule has 0 heterocycles. The van der Waals surface area contributed by atoms with E-state index in [-0.39, 0.29) is 5.96 Å². The number of nitrogens with zero attached hydrogens (tertiary/aromatic N) is 2. The topological polar surface area (TPSA) is 85.9 Å². The van der Waals surface area contributed by atoms with Crippen LogP contribution in [0.4, 0.5) is 0 Å². The summed E-state index contributed by atoms with van der Waals surface area (Å²) in [7, 11) is 2.95. The first-order chi connectivity index (χ1) is 20.7. The molecule has 0 spiro atoms. The fourth-order valence-electron chi connectivity index (χ4n) is 5.28. The Morgan fingerprint density at radius 2 is 0.907 bits per heavy atom. The van der Waals surface area contributed by atoms with Gasteiger partial charge in [-0.1, -0.05) is 155 Å². The van der Waals surface area contributed by atoms with Crippen LogP contribution in [0.1, 0.15) is 174 Å². The largest absolute Gasteiger partial charge is 0.435 e. The number of aliphatic imine (C=N–C) groups is 1. The van der Waals surface area contributed by atoms with Crippen LogP contribution in [0.15, 0.2) is 4.99 Å². The summed E-state index contributed by atoms with van der Waals surface area (Å²) in [6.07, 6.45) is 31.6. The van der Waals surface area contributed by atoms with Gasteiger partial charge in [-0.3, -0.25) is 19.1 Å². The third kappa shape index (κ3) is 32.6. The summed E-state index contributed by atoms with van der Waals surface area (Å²) in [4.78, 5) is 4.38. The van der Waals surface area contributed by atoms with Crippen molar-refractivity contribution in [2.75, 3.05) is 47.4 Å². The zero-order valence-corrected chi connectivity index (χ0v) is 30.5. The highest BCUT2D eigenvalue weighted by Crippen LogP contribution is 2.44. The Hall–Kier alpha value is -0.620. The van der Waals surface area contributed by atoms with Crippen LogP contribution < -0.4 is 10.8 Å². The predicted octanol–water partition coefficient (Wildman–Crippen LogP) is 10.5. The molecule has 0 unspecified atom stereocenters. The second-order valence-electron chi connectivity index (χ2n) is 13.7. The molecule has 258 valence electrons. The van der Waals surface area contributed by atoms with Gasteiger partial charge in [0.2, 0.25) is 0 Å². The number of hydrogen-bond donors (Lipinski definition) is 2. The SMILES string of the molecule is CCCCCCCCCCCCCCOP(=O)(NC(N)=NCCC[N+](C)(C)C)OCCCCCCCCCCCCCC. The summed E-state index contributed by atoms with van der Waals surface area (Å²) in [5, 5.41) is 2.81. The lowest BCUT2D eigenvalue weighted by atomic mass is 10.1. The van der Waals surface area contributed by atoms with Crippen molar-refractivity contribution in [2.45, 2.75) is 174 Å². The number of nitrogens with two attached hydrogens (primary N) is 1. The summed E-state index contributed by atoms with van der Waals surface area (Å²) in [6, 6.07) is 0. The van der Waals surface area contributed by atoms with E-state index in [1.807, 2.05) is 0 Å². The van der Waals surface area contributed by atoms with E-state index in [1.165, 1.54) is 128 Å². The van der Waals surface area contributed by atoms with E-state index < -0.39 is 7.75 Å². The van der Waals surface area contributed by atoms with Crippen molar-refractivity contribution in [3.05, 3.63) is 0 Å². The molecule has 0 amide bonds. The predicted molar refractivity (Wildman–Crippen MR) is 189 cm³/mol. The maximum atomic E-state index is 13.5. The van der Waals surface area contributed by atoms with Crippen molar-refractivity contribution in [1.82, 2.24) is 5.09 Å². The third-order valence-corrected chi connectivity index (χ3v) is 9.59. The molecule has 0 bridgehead atoms. The van der Waals surface area contributed by atoms with Crippen LogP contribution in [-0.2, 0) is 13.6 Å². The van der Waals surface area contributed by atoms with Gasteiger partial charge in [-0.15, -0.1) is 0 Å². The molecule has 0 aromatic carbocycles. The molecule has 0 atom stereocenters. The molecule has 0 saturated heterocycles. The number of unbranched alkanes of at least 4 members (excludes halogenated alkanes) is 22. The summed E-state index contributed by atoms with van der Waals surface area (Å²) >= 11 is 0. The van der Waals surface area contributed by atoms with E-state index in [0.717, 1.165) is 43.1 Å². The van der Waals surface area contributed by atoms with E-state index in [1.54, 1.807) is 0 Å². The van der Waals surface area contributed by atoms with Crippen molar-refractivity contribution >= 4 is 13.7 Å². The number of guanidine groups is 1. The zero-order chi connectivity index (χ0) is 31.9. The Morgan fingerprint density at radius 1 is 0.581 bits per heavy atom. The van der Waals surface area contributed by atoms with Gasteiger partial charge in [-0.05, 0) is 12.8 Å². The summed E-state index contributed by atoms with van der Waals surface area (Å²) in [5.41, 5.74) is 6.10. The quantitative estimate of drug-likeness (QED) is 0.0247. The lowest BCUT2D eigenvalue weighted by Crippen LogP contribution is -2.36. The Morgan fingerprint density at radius 3 is 1.23 bits per heavy atom. The standard InChI is InChI=1S/C35H76N4O3P/c1-6-8-10-12-14-16-18-20-22-24-26-28-33-41-43(40,38-35(36)37-31-30-32-39(3,4)5)42-34-29-27-25-23-21-19-17-15-13-11-9-7-2/h6-34H2,1-5H3,(H3,36,37,38,40)/q+1. The van der Waals surface area contributed by atoms with E-state index >= 15 is 0 Å². The summed E-state index contributed by atoms with van der Waals surface area (Å²) in [6.45, 7) is 6.95. The molecule has 7 nitrogen and oxygen atoms in total. The molecular formula is C35H76N4O3P+. The molecule has 0 radical (unpaired) electrons. The van der Waals surface area contributed by atoms with Crippen molar-refractivity contribution < 1.29 is 18.1 Å². The van der Waals surface area contributed by atoms with Crippen LogP contribution in [-0.4, -0.2) is 57.9 Å². The van der Waals surface area contributed by atoms with Crippen molar-refractivity contribution in [3.8, 4) is 0 Å². The maximum Gasteiger partial charge on any atom is 0.435 e. The van der Waals surface area contributed by atoms with Gasteiger partial charge in [-0.2, -0.15) is 0 Å². The minimum absolute atomic E-state index is 0.147. The molecular weight excluding hydrogens is 555 g/mol. The third-order valence-electron chi connectivity index (χ3n) is 8.04.